The number of carbonyl (C=O) groups is 1. The molecule has 1 aliphatic carbocycles. The molecule has 4 aromatic rings. The second kappa shape index (κ2) is 12.2. The summed E-state index contributed by atoms with van der Waals surface area (Å²) in [6, 6.07) is 16.4. The number of carbonyl (C=O) groups excluding carboxylic acids is 1. The number of benzene rings is 2. The highest BCUT2D eigenvalue weighted by atomic mass is 16.5. The van der Waals surface area contributed by atoms with Crippen molar-refractivity contribution in [1.29, 1.82) is 0 Å². The molecule has 0 saturated heterocycles. The van der Waals surface area contributed by atoms with Gasteiger partial charge in [0, 0.05) is 29.8 Å². The van der Waals surface area contributed by atoms with E-state index in [1.54, 1.807) is 0 Å². The number of aromatic amines is 1. The van der Waals surface area contributed by atoms with Gasteiger partial charge in [0.25, 0.3) is 5.56 Å². The first-order valence-corrected chi connectivity index (χ1v) is 16.2. The Morgan fingerprint density at radius 1 is 1.02 bits per heavy atom. The van der Waals surface area contributed by atoms with E-state index in [9.17, 15) is 9.59 Å². The number of ether oxygens (including phenoxy) is 1. The quantitative estimate of drug-likeness (QED) is 0.220. The minimum atomic E-state index is -0.605. The second-order valence-electron chi connectivity index (χ2n) is 13.3. The van der Waals surface area contributed by atoms with Crippen LogP contribution in [-0.4, -0.2) is 42.6 Å². The van der Waals surface area contributed by atoms with Crippen molar-refractivity contribution >= 4 is 5.97 Å². The van der Waals surface area contributed by atoms with E-state index in [2.05, 4.69) is 76.4 Å². The minimum absolute atomic E-state index is 0.0709. The lowest BCUT2D eigenvalue weighted by Crippen LogP contribution is -2.49. The number of tetrazole rings is 1. The first-order chi connectivity index (χ1) is 21.3. The fourth-order valence-electron chi connectivity index (χ4n) is 7.51. The molecule has 0 bridgehead atoms. The van der Waals surface area contributed by atoms with Gasteiger partial charge in [0.2, 0.25) is 5.82 Å². The summed E-state index contributed by atoms with van der Waals surface area (Å²) in [6.07, 6.45) is 7.60. The van der Waals surface area contributed by atoms with Crippen LogP contribution in [0.1, 0.15) is 95.5 Å². The van der Waals surface area contributed by atoms with Gasteiger partial charge < -0.3 is 4.74 Å². The molecule has 1 unspecified atom stereocenters. The predicted octanol–water partition coefficient (Wildman–Crippen LogP) is 6.52. The third-order valence-corrected chi connectivity index (χ3v) is 9.98. The average molecular weight is 597 g/mol. The summed E-state index contributed by atoms with van der Waals surface area (Å²) in [6.45, 7) is 9.70. The van der Waals surface area contributed by atoms with Crippen molar-refractivity contribution in [2.75, 3.05) is 6.61 Å². The van der Waals surface area contributed by atoms with Crippen molar-refractivity contribution in [1.82, 2.24) is 30.0 Å². The SMILES string of the molecule is CCCc1c(Cc2ccc(-c3ccccc3-c3nn[nH]n3)cc2)c(=O)n2n1C(C1(C(=O)OCC)CCC(C)(C)CC1)CCC2. The fraction of sp³-hybridized carbons (Fsp3) is 0.514. The summed E-state index contributed by atoms with van der Waals surface area (Å²) in [5.74, 6) is 0.466. The Labute approximate surface area is 259 Å². The zero-order chi connectivity index (χ0) is 30.9. The molecule has 1 atom stereocenters. The average Bonchev–Trinajstić information content (AvgIpc) is 3.66. The number of aromatic nitrogens is 6. The molecule has 1 N–H and O–H groups in total. The van der Waals surface area contributed by atoms with Gasteiger partial charge in [-0.25, -0.2) is 4.68 Å². The lowest BCUT2D eigenvalue weighted by atomic mass is 9.61. The number of hydrogen-bond acceptors (Lipinski definition) is 6. The van der Waals surface area contributed by atoms with Crippen molar-refractivity contribution in [2.24, 2.45) is 10.8 Å². The number of H-pyrrole nitrogens is 1. The van der Waals surface area contributed by atoms with Gasteiger partial charge in [0.1, 0.15) is 0 Å². The van der Waals surface area contributed by atoms with Crippen molar-refractivity contribution in [3.8, 4) is 22.5 Å². The largest absolute Gasteiger partial charge is 0.466 e. The molecule has 232 valence electrons. The van der Waals surface area contributed by atoms with Crippen LogP contribution in [0.4, 0.5) is 0 Å². The number of nitrogens with one attached hydrogen (secondary N) is 1. The zero-order valence-corrected chi connectivity index (χ0v) is 26.4. The maximum absolute atomic E-state index is 14.1. The molecule has 6 rings (SSSR count). The molecule has 1 fully saturated rings. The van der Waals surface area contributed by atoms with E-state index in [1.165, 1.54) is 0 Å². The van der Waals surface area contributed by atoms with Crippen LogP contribution in [-0.2, 0) is 28.9 Å². The highest BCUT2D eigenvalue weighted by molar-refractivity contribution is 5.80. The standard InChI is InChI=1S/C35H44N6O3/c1-5-10-29-28(23-24-14-16-25(17-15-24)26-11-7-8-12-27(26)31-36-38-39-37-31)32(42)40-22-9-13-30(41(29)40)35(33(43)44-6-2)20-18-34(3,4)19-21-35/h7-8,11-12,14-17,30H,5-6,9-10,13,18-23H2,1-4H3,(H,36,37,38,39). The first-order valence-electron chi connectivity index (χ1n) is 16.2. The first kappa shape index (κ1) is 30.0. The highest BCUT2D eigenvalue weighted by Crippen LogP contribution is 2.54. The molecule has 2 aromatic heterocycles. The van der Waals surface area contributed by atoms with E-state index in [0.29, 0.717) is 25.4 Å². The zero-order valence-electron chi connectivity index (χ0n) is 26.4. The molecule has 1 saturated carbocycles. The number of hydrogen-bond donors (Lipinski definition) is 1. The number of nitrogens with zero attached hydrogens (tertiary/aromatic N) is 5. The monoisotopic (exact) mass is 596 g/mol. The lowest BCUT2D eigenvalue weighted by molar-refractivity contribution is -0.164. The van der Waals surface area contributed by atoms with Gasteiger partial charge in [0.05, 0.1) is 18.1 Å². The molecule has 0 spiro atoms. The van der Waals surface area contributed by atoms with Gasteiger partial charge in [-0.05, 0) is 79.2 Å². The number of esters is 1. The Kier molecular flexibility index (Phi) is 8.31. The molecule has 3 heterocycles. The Hall–Kier alpha value is -4.01. The van der Waals surface area contributed by atoms with E-state index in [4.69, 9.17) is 4.74 Å². The molecule has 44 heavy (non-hydrogen) atoms. The Bertz CT molecular complexity index is 1660. The Morgan fingerprint density at radius 3 is 2.41 bits per heavy atom. The van der Waals surface area contributed by atoms with Crippen LogP contribution in [0.3, 0.4) is 0 Å². The van der Waals surface area contributed by atoms with Crippen molar-refractivity contribution in [3.05, 3.63) is 75.7 Å². The van der Waals surface area contributed by atoms with Gasteiger partial charge in [0.15, 0.2) is 0 Å². The minimum Gasteiger partial charge on any atom is -0.466 e. The second-order valence-corrected chi connectivity index (χ2v) is 13.3. The van der Waals surface area contributed by atoms with Gasteiger partial charge in [-0.3, -0.25) is 14.3 Å². The summed E-state index contributed by atoms with van der Waals surface area (Å²) >= 11 is 0. The summed E-state index contributed by atoms with van der Waals surface area (Å²) in [5.41, 5.74) is 5.69. The Morgan fingerprint density at radius 2 is 1.75 bits per heavy atom. The maximum atomic E-state index is 14.1. The van der Waals surface area contributed by atoms with E-state index >= 15 is 0 Å². The molecular weight excluding hydrogens is 552 g/mol. The predicted molar refractivity (Wildman–Crippen MR) is 170 cm³/mol. The summed E-state index contributed by atoms with van der Waals surface area (Å²) in [7, 11) is 0. The third-order valence-electron chi connectivity index (χ3n) is 9.98. The topological polar surface area (TPSA) is 108 Å². The lowest BCUT2D eigenvalue weighted by Gasteiger charge is -2.48. The van der Waals surface area contributed by atoms with Gasteiger partial charge >= 0.3 is 5.97 Å². The van der Waals surface area contributed by atoms with E-state index in [1.807, 2.05) is 29.8 Å². The van der Waals surface area contributed by atoms with E-state index in [0.717, 1.165) is 84.9 Å². The van der Waals surface area contributed by atoms with Crippen molar-refractivity contribution in [2.45, 2.75) is 98.1 Å². The molecule has 9 nitrogen and oxygen atoms in total. The molecule has 0 radical (unpaired) electrons. The van der Waals surface area contributed by atoms with Crippen LogP contribution in [0.25, 0.3) is 22.5 Å². The Balaban J connectivity index is 1.36. The third kappa shape index (κ3) is 5.41. The normalized spacial score (nSPS) is 19.0. The molecule has 0 amide bonds. The van der Waals surface area contributed by atoms with Crippen molar-refractivity contribution in [3.63, 3.8) is 0 Å². The van der Waals surface area contributed by atoms with Crippen LogP contribution in [0, 0.1) is 10.8 Å². The fourth-order valence-corrected chi connectivity index (χ4v) is 7.51. The number of rotatable bonds is 9. The van der Waals surface area contributed by atoms with Gasteiger partial charge in [-0.15, -0.1) is 10.2 Å². The van der Waals surface area contributed by atoms with Crippen LogP contribution < -0.4 is 5.56 Å². The van der Waals surface area contributed by atoms with Crippen molar-refractivity contribution < 1.29 is 9.53 Å². The molecular formula is C35H44N6O3. The molecule has 1 aliphatic heterocycles. The summed E-state index contributed by atoms with van der Waals surface area (Å²) in [5, 5.41) is 14.6. The van der Waals surface area contributed by atoms with Crippen LogP contribution in [0.2, 0.25) is 0 Å². The van der Waals surface area contributed by atoms with Gasteiger partial charge in [-0.2, -0.15) is 5.21 Å². The summed E-state index contributed by atoms with van der Waals surface area (Å²) < 4.78 is 9.99. The number of fused-ring (bicyclic) bond motifs is 1. The summed E-state index contributed by atoms with van der Waals surface area (Å²) in [4.78, 5) is 27.9. The highest BCUT2D eigenvalue weighted by Gasteiger charge is 2.53. The van der Waals surface area contributed by atoms with Gasteiger partial charge in [-0.1, -0.05) is 75.7 Å². The van der Waals surface area contributed by atoms with Crippen LogP contribution >= 0.6 is 0 Å². The van der Waals surface area contributed by atoms with E-state index in [-0.39, 0.29) is 23.0 Å². The van der Waals surface area contributed by atoms with E-state index < -0.39 is 5.41 Å². The molecule has 2 aromatic carbocycles. The van der Waals surface area contributed by atoms with Crippen LogP contribution in [0.5, 0.6) is 0 Å². The molecule has 2 aliphatic rings. The maximum Gasteiger partial charge on any atom is 0.314 e. The van der Waals surface area contributed by atoms with Crippen LogP contribution in [0.15, 0.2) is 53.3 Å². The molecule has 9 heteroatoms. The smallest absolute Gasteiger partial charge is 0.314 e.